The summed E-state index contributed by atoms with van der Waals surface area (Å²) in [6.45, 7) is 2.14. The molecule has 1 unspecified atom stereocenters. The van der Waals surface area contributed by atoms with Crippen molar-refractivity contribution in [3.8, 4) is 11.5 Å². The van der Waals surface area contributed by atoms with E-state index in [1.165, 1.54) is 23.5 Å². The van der Waals surface area contributed by atoms with Crippen molar-refractivity contribution in [1.82, 2.24) is 5.32 Å². The molecule has 20 heavy (non-hydrogen) atoms. The van der Waals surface area contributed by atoms with E-state index in [1.807, 2.05) is 17.8 Å². The maximum atomic E-state index is 6.22. The van der Waals surface area contributed by atoms with Crippen LogP contribution < -0.4 is 14.8 Å². The fourth-order valence-electron chi connectivity index (χ4n) is 3.06. The molecule has 0 aromatic heterocycles. The van der Waals surface area contributed by atoms with E-state index in [0.29, 0.717) is 12.0 Å². The summed E-state index contributed by atoms with van der Waals surface area (Å²) in [6, 6.07) is 6.33. The standard InChI is InChI=1S/C16H23NO2S/c1-18-16-14(12-5-8-17-11-12)3-2-4-15(16)19-13-6-9-20-10-7-13/h2-4,12-13,17H,5-11H2,1H3. The Bertz CT molecular complexity index is 440. The minimum absolute atomic E-state index is 0.349. The number of benzene rings is 1. The number of thioether (sulfide) groups is 1. The second kappa shape index (κ2) is 6.72. The highest BCUT2D eigenvalue weighted by Gasteiger charge is 2.24. The number of para-hydroxylation sites is 1. The molecule has 0 spiro atoms. The van der Waals surface area contributed by atoms with Crippen molar-refractivity contribution in [2.24, 2.45) is 0 Å². The van der Waals surface area contributed by atoms with Crippen LogP contribution in [-0.2, 0) is 0 Å². The molecule has 2 saturated heterocycles. The zero-order valence-electron chi connectivity index (χ0n) is 12.1. The second-order valence-electron chi connectivity index (χ2n) is 5.50. The Kier molecular flexibility index (Phi) is 4.73. The van der Waals surface area contributed by atoms with Crippen LogP contribution in [0.3, 0.4) is 0 Å². The smallest absolute Gasteiger partial charge is 0.164 e. The van der Waals surface area contributed by atoms with Gasteiger partial charge in [-0.2, -0.15) is 11.8 Å². The molecule has 0 amide bonds. The Morgan fingerprint density at radius 3 is 2.75 bits per heavy atom. The van der Waals surface area contributed by atoms with E-state index in [9.17, 15) is 0 Å². The van der Waals surface area contributed by atoms with Crippen LogP contribution in [0.4, 0.5) is 0 Å². The molecule has 1 atom stereocenters. The van der Waals surface area contributed by atoms with Crippen molar-refractivity contribution in [2.75, 3.05) is 31.7 Å². The van der Waals surface area contributed by atoms with E-state index in [1.54, 1.807) is 7.11 Å². The first-order valence-electron chi connectivity index (χ1n) is 7.50. The van der Waals surface area contributed by atoms with Crippen LogP contribution in [0.25, 0.3) is 0 Å². The Morgan fingerprint density at radius 1 is 1.20 bits per heavy atom. The van der Waals surface area contributed by atoms with Gasteiger partial charge in [0.1, 0.15) is 6.10 Å². The van der Waals surface area contributed by atoms with Crippen LogP contribution in [0.2, 0.25) is 0 Å². The summed E-state index contributed by atoms with van der Waals surface area (Å²) in [6.07, 6.45) is 3.81. The molecule has 2 aliphatic rings. The predicted octanol–water partition coefficient (Wildman–Crippen LogP) is 3.05. The molecule has 4 heteroatoms. The zero-order chi connectivity index (χ0) is 13.8. The van der Waals surface area contributed by atoms with Gasteiger partial charge in [0.2, 0.25) is 0 Å². The lowest BCUT2D eigenvalue weighted by molar-refractivity contribution is 0.184. The fourth-order valence-corrected chi connectivity index (χ4v) is 4.12. The molecule has 2 fully saturated rings. The molecule has 0 radical (unpaired) electrons. The maximum Gasteiger partial charge on any atom is 0.164 e. The second-order valence-corrected chi connectivity index (χ2v) is 6.72. The molecule has 1 N–H and O–H groups in total. The van der Waals surface area contributed by atoms with E-state index < -0.39 is 0 Å². The third-order valence-electron chi connectivity index (χ3n) is 4.18. The Labute approximate surface area is 125 Å². The van der Waals surface area contributed by atoms with Gasteiger partial charge < -0.3 is 14.8 Å². The summed E-state index contributed by atoms with van der Waals surface area (Å²) in [7, 11) is 1.75. The lowest BCUT2D eigenvalue weighted by atomic mass is 9.97. The summed E-state index contributed by atoms with van der Waals surface area (Å²) >= 11 is 2.02. The van der Waals surface area contributed by atoms with Crippen LogP contribution in [-0.4, -0.2) is 37.8 Å². The molecule has 3 rings (SSSR count). The lowest BCUT2D eigenvalue weighted by Gasteiger charge is -2.25. The summed E-state index contributed by atoms with van der Waals surface area (Å²) in [4.78, 5) is 0. The molecule has 0 saturated carbocycles. The monoisotopic (exact) mass is 293 g/mol. The van der Waals surface area contributed by atoms with Crippen molar-refractivity contribution in [1.29, 1.82) is 0 Å². The zero-order valence-corrected chi connectivity index (χ0v) is 12.9. The number of rotatable bonds is 4. The third-order valence-corrected chi connectivity index (χ3v) is 5.22. The van der Waals surface area contributed by atoms with Gasteiger partial charge in [-0.3, -0.25) is 0 Å². The van der Waals surface area contributed by atoms with Crippen molar-refractivity contribution >= 4 is 11.8 Å². The predicted molar refractivity (Wildman–Crippen MR) is 84.2 cm³/mol. The molecule has 110 valence electrons. The van der Waals surface area contributed by atoms with Crippen LogP contribution in [0.1, 0.15) is 30.7 Å². The molecular weight excluding hydrogens is 270 g/mol. The van der Waals surface area contributed by atoms with Crippen molar-refractivity contribution in [2.45, 2.75) is 31.3 Å². The van der Waals surface area contributed by atoms with E-state index in [-0.39, 0.29) is 0 Å². The van der Waals surface area contributed by atoms with Gasteiger partial charge in [-0.25, -0.2) is 0 Å². The summed E-state index contributed by atoms with van der Waals surface area (Å²) in [5.74, 6) is 4.84. The minimum Gasteiger partial charge on any atom is -0.493 e. The molecule has 2 heterocycles. The molecule has 3 nitrogen and oxygen atoms in total. The topological polar surface area (TPSA) is 30.5 Å². The van der Waals surface area contributed by atoms with Crippen molar-refractivity contribution in [3.05, 3.63) is 23.8 Å². The first-order valence-corrected chi connectivity index (χ1v) is 8.66. The first kappa shape index (κ1) is 14.1. The Balaban J connectivity index is 1.80. The van der Waals surface area contributed by atoms with Gasteiger partial charge in [0.15, 0.2) is 11.5 Å². The number of ether oxygens (including phenoxy) is 2. The summed E-state index contributed by atoms with van der Waals surface area (Å²) < 4.78 is 11.9. The van der Waals surface area contributed by atoms with Crippen LogP contribution in [0.5, 0.6) is 11.5 Å². The van der Waals surface area contributed by atoms with Gasteiger partial charge in [0, 0.05) is 18.0 Å². The van der Waals surface area contributed by atoms with Gasteiger partial charge in [-0.05, 0) is 43.4 Å². The highest BCUT2D eigenvalue weighted by molar-refractivity contribution is 7.99. The van der Waals surface area contributed by atoms with Gasteiger partial charge in [-0.1, -0.05) is 12.1 Å². The van der Waals surface area contributed by atoms with E-state index in [0.717, 1.165) is 37.4 Å². The number of methoxy groups -OCH3 is 1. The SMILES string of the molecule is COc1c(OC2CCSCC2)cccc1C1CCNC1. The van der Waals surface area contributed by atoms with Gasteiger partial charge in [-0.15, -0.1) is 0 Å². The van der Waals surface area contributed by atoms with E-state index in [2.05, 4.69) is 17.4 Å². The minimum atomic E-state index is 0.349. The largest absolute Gasteiger partial charge is 0.493 e. The van der Waals surface area contributed by atoms with Gasteiger partial charge >= 0.3 is 0 Å². The number of nitrogens with one attached hydrogen (secondary N) is 1. The van der Waals surface area contributed by atoms with Crippen LogP contribution >= 0.6 is 11.8 Å². The lowest BCUT2D eigenvalue weighted by Crippen LogP contribution is -2.22. The Morgan fingerprint density at radius 2 is 2.05 bits per heavy atom. The van der Waals surface area contributed by atoms with E-state index >= 15 is 0 Å². The third kappa shape index (κ3) is 3.07. The average Bonchev–Trinajstić information content (AvgIpc) is 3.02. The number of hydrogen-bond acceptors (Lipinski definition) is 4. The molecule has 0 aliphatic carbocycles. The van der Waals surface area contributed by atoms with Gasteiger partial charge in [0.25, 0.3) is 0 Å². The van der Waals surface area contributed by atoms with Gasteiger partial charge in [0.05, 0.1) is 7.11 Å². The Hall–Kier alpha value is -0.870. The van der Waals surface area contributed by atoms with Crippen molar-refractivity contribution in [3.63, 3.8) is 0 Å². The van der Waals surface area contributed by atoms with Crippen LogP contribution in [0, 0.1) is 0 Å². The molecular formula is C16H23NO2S. The normalized spacial score (nSPS) is 23.8. The molecule has 1 aromatic carbocycles. The van der Waals surface area contributed by atoms with Crippen LogP contribution in [0.15, 0.2) is 18.2 Å². The quantitative estimate of drug-likeness (QED) is 0.924. The average molecular weight is 293 g/mol. The van der Waals surface area contributed by atoms with E-state index in [4.69, 9.17) is 9.47 Å². The maximum absolute atomic E-state index is 6.22. The highest BCUT2D eigenvalue weighted by atomic mass is 32.2. The van der Waals surface area contributed by atoms with Crippen molar-refractivity contribution < 1.29 is 9.47 Å². The molecule has 2 aliphatic heterocycles. The molecule has 0 bridgehead atoms. The first-order chi connectivity index (χ1) is 9.88. The number of hydrogen-bond donors (Lipinski definition) is 1. The molecule has 1 aromatic rings. The highest BCUT2D eigenvalue weighted by Crippen LogP contribution is 2.39. The fraction of sp³-hybridized carbons (Fsp3) is 0.625. The summed E-state index contributed by atoms with van der Waals surface area (Å²) in [5, 5.41) is 3.42. The summed E-state index contributed by atoms with van der Waals surface area (Å²) in [5.41, 5.74) is 1.29.